The van der Waals surface area contributed by atoms with E-state index in [1.165, 1.54) is 0 Å². The molecule has 2 aliphatic heterocycles. The second-order valence-corrected chi connectivity index (χ2v) is 3.66. The molecule has 0 aromatic heterocycles. The Balaban J connectivity index is 1.84. The van der Waals surface area contributed by atoms with Crippen molar-refractivity contribution in [2.75, 3.05) is 13.2 Å². The Hall–Kier alpha value is -0.120. The first kappa shape index (κ1) is 6.40. The van der Waals surface area contributed by atoms with E-state index in [0.717, 1.165) is 19.6 Å². The van der Waals surface area contributed by atoms with Gasteiger partial charge in [-0.2, -0.15) is 0 Å². The first-order chi connectivity index (χ1) is 5.37. The highest BCUT2D eigenvalue weighted by atomic mass is 16.6. The van der Waals surface area contributed by atoms with Crippen LogP contribution in [0.1, 0.15) is 13.3 Å². The van der Waals surface area contributed by atoms with Crippen LogP contribution in [0.5, 0.6) is 0 Å². The molecule has 4 atom stereocenters. The van der Waals surface area contributed by atoms with Crippen LogP contribution in [0.3, 0.4) is 0 Å². The third-order valence-corrected chi connectivity index (χ3v) is 3.10. The number of hydrogen-bond donors (Lipinski definition) is 1. The quantitative estimate of drug-likeness (QED) is 0.604. The number of ether oxygens (including phenoxy) is 2. The summed E-state index contributed by atoms with van der Waals surface area (Å²) < 4.78 is 11.3. The lowest BCUT2D eigenvalue weighted by atomic mass is 10.1. The van der Waals surface area contributed by atoms with Gasteiger partial charge in [0.25, 0.3) is 0 Å². The van der Waals surface area contributed by atoms with Gasteiger partial charge in [0.05, 0.1) is 17.7 Å². The molecule has 62 valence electrons. The van der Waals surface area contributed by atoms with Gasteiger partial charge in [0.1, 0.15) is 6.10 Å². The zero-order chi connectivity index (χ0) is 7.47. The van der Waals surface area contributed by atoms with E-state index >= 15 is 0 Å². The second-order valence-electron chi connectivity index (χ2n) is 3.66. The monoisotopic (exact) mass is 155 g/mol. The van der Waals surface area contributed by atoms with Crippen molar-refractivity contribution in [2.45, 2.75) is 37.2 Å². The second kappa shape index (κ2) is 1.79. The van der Waals surface area contributed by atoms with Crippen molar-refractivity contribution in [3.63, 3.8) is 0 Å². The Morgan fingerprint density at radius 1 is 1.73 bits per heavy atom. The van der Waals surface area contributed by atoms with Crippen LogP contribution in [0.2, 0.25) is 0 Å². The molecule has 1 aliphatic carbocycles. The van der Waals surface area contributed by atoms with Crippen molar-refractivity contribution in [3.05, 3.63) is 0 Å². The SMILES string of the molecule is CCO[C@H]1[C@H]2CNC13CC3O2. The van der Waals surface area contributed by atoms with Gasteiger partial charge < -0.3 is 14.8 Å². The normalized spacial score (nSPS) is 58.1. The Bertz CT molecular complexity index is 197. The highest BCUT2D eigenvalue weighted by Gasteiger charge is 2.72. The van der Waals surface area contributed by atoms with Gasteiger partial charge in [-0.3, -0.25) is 0 Å². The van der Waals surface area contributed by atoms with Gasteiger partial charge >= 0.3 is 0 Å². The molecule has 1 N–H and O–H groups in total. The van der Waals surface area contributed by atoms with Crippen LogP contribution in [0, 0.1) is 0 Å². The van der Waals surface area contributed by atoms with Gasteiger partial charge in [0.15, 0.2) is 0 Å². The smallest absolute Gasteiger partial charge is 0.106 e. The van der Waals surface area contributed by atoms with E-state index in [-0.39, 0.29) is 5.54 Å². The summed E-state index contributed by atoms with van der Waals surface area (Å²) in [6.07, 6.45) is 2.32. The predicted molar refractivity (Wildman–Crippen MR) is 39.4 cm³/mol. The minimum Gasteiger partial charge on any atom is -0.374 e. The van der Waals surface area contributed by atoms with Crippen LogP contribution in [0.4, 0.5) is 0 Å². The zero-order valence-corrected chi connectivity index (χ0v) is 6.67. The average molecular weight is 155 g/mol. The van der Waals surface area contributed by atoms with Crippen LogP contribution in [-0.4, -0.2) is 37.0 Å². The highest BCUT2D eigenvalue weighted by Crippen LogP contribution is 2.54. The van der Waals surface area contributed by atoms with E-state index < -0.39 is 0 Å². The molecule has 3 nitrogen and oxygen atoms in total. The standard InChI is InChI=1S/C8H13NO2/c1-2-10-7-5-4-9-8(7)3-6(8)11-5/h5-7,9H,2-4H2,1H3/t5-,6?,7+,8?/m1/s1. The highest BCUT2D eigenvalue weighted by molar-refractivity contribution is 5.28. The fraction of sp³-hybridized carbons (Fsp3) is 1.00. The molecule has 2 saturated heterocycles. The fourth-order valence-electron chi connectivity index (χ4n) is 2.50. The van der Waals surface area contributed by atoms with Gasteiger partial charge in [-0.1, -0.05) is 0 Å². The lowest BCUT2D eigenvalue weighted by Crippen LogP contribution is -2.36. The van der Waals surface area contributed by atoms with Crippen LogP contribution in [-0.2, 0) is 9.47 Å². The van der Waals surface area contributed by atoms with Crippen molar-refractivity contribution in [1.29, 1.82) is 0 Å². The molecule has 11 heavy (non-hydrogen) atoms. The Morgan fingerprint density at radius 3 is 3.18 bits per heavy atom. The van der Waals surface area contributed by atoms with E-state index in [1.807, 2.05) is 6.92 Å². The first-order valence-corrected chi connectivity index (χ1v) is 4.39. The molecule has 1 spiro atoms. The summed E-state index contributed by atoms with van der Waals surface area (Å²) in [4.78, 5) is 0. The lowest BCUT2D eigenvalue weighted by molar-refractivity contribution is -0.0160. The maximum atomic E-state index is 5.70. The Labute approximate surface area is 66.1 Å². The van der Waals surface area contributed by atoms with E-state index in [9.17, 15) is 0 Å². The number of fused-ring (bicyclic) bond motifs is 1. The van der Waals surface area contributed by atoms with Crippen molar-refractivity contribution >= 4 is 0 Å². The lowest BCUT2D eigenvalue weighted by Gasteiger charge is -2.16. The molecule has 0 radical (unpaired) electrons. The van der Waals surface area contributed by atoms with Gasteiger partial charge in [-0.15, -0.1) is 0 Å². The first-order valence-electron chi connectivity index (χ1n) is 4.39. The largest absolute Gasteiger partial charge is 0.374 e. The molecule has 0 aromatic carbocycles. The number of nitrogens with one attached hydrogen (secondary N) is 1. The van der Waals surface area contributed by atoms with Crippen molar-refractivity contribution in [1.82, 2.24) is 5.32 Å². The maximum Gasteiger partial charge on any atom is 0.106 e. The maximum absolute atomic E-state index is 5.70. The minimum absolute atomic E-state index is 0.251. The number of hydrogen-bond acceptors (Lipinski definition) is 3. The van der Waals surface area contributed by atoms with Gasteiger partial charge in [0, 0.05) is 13.2 Å². The summed E-state index contributed by atoms with van der Waals surface area (Å²) >= 11 is 0. The third kappa shape index (κ3) is 0.604. The van der Waals surface area contributed by atoms with Crippen LogP contribution in [0.25, 0.3) is 0 Å². The van der Waals surface area contributed by atoms with Crippen molar-refractivity contribution in [3.8, 4) is 0 Å². The van der Waals surface area contributed by atoms with Crippen molar-refractivity contribution in [2.24, 2.45) is 0 Å². The van der Waals surface area contributed by atoms with Gasteiger partial charge in [-0.05, 0) is 13.3 Å². The van der Waals surface area contributed by atoms with Gasteiger partial charge in [0.2, 0.25) is 0 Å². The van der Waals surface area contributed by atoms with Gasteiger partial charge in [-0.25, -0.2) is 0 Å². The Morgan fingerprint density at radius 2 is 2.64 bits per heavy atom. The van der Waals surface area contributed by atoms with Crippen LogP contribution in [0.15, 0.2) is 0 Å². The summed E-state index contributed by atoms with van der Waals surface area (Å²) in [5, 5.41) is 3.49. The summed E-state index contributed by atoms with van der Waals surface area (Å²) in [7, 11) is 0. The van der Waals surface area contributed by atoms with E-state index in [0.29, 0.717) is 18.3 Å². The predicted octanol–water partition coefficient (Wildman–Crippen LogP) is -0.0954. The molecule has 0 aromatic rings. The topological polar surface area (TPSA) is 30.5 Å². The molecule has 2 unspecified atom stereocenters. The number of morpholine rings is 1. The summed E-state index contributed by atoms with van der Waals surface area (Å²) in [5.74, 6) is 0. The molecular formula is C8H13NO2. The molecule has 3 rings (SSSR count). The zero-order valence-electron chi connectivity index (χ0n) is 6.67. The minimum atomic E-state index is 0.251. The fourth-order valence-corrected chi connectivity index (χ4v) is 2.50. The molecule has 1 saturated carbocycles. The third-order valence-electron chi connectivity index (χ3n) is 3.10. The molecule has 0 amide bonds. The van der Waals surface area contributed by atoms with Crippen molar-refractivity contribution < 1.29 is 9.47 Å². The van der Waals surface area contributed by atoms with Crippen LogP contribution >= 0.6 is 0 Å². The molecule has 3 aliphatic rings. The molecule has 2 heterocycles. The average Bonchev–Trinajstić information content (AvgIpc) is 2.58. The van der Waals surface area contributed by atoms with E-state index in [2.05, 4.69) is 5.32 Å². The van der Waals surface area contributed by atoms with E-state index in [1.54, 1.807) is 0 Å². The molecule has 3 fully saturated rings. The van der Waals surface area contributed by atoms with Crippen LogP contribution < -0.4 is 5.32 Å². The Kier molecular flexibility index (Phi) is 1.04. The summed E-state index contributed by atoms with van der Waals surface area (Å²) in [6, 6.07) is 0. The molecule has 3 heteroatoms. The molecular weight excluding hydrogens is 142 g/mol. The molecule has 2 bridgehead atoms. The summed E-state index contributed by atoms with van der Waals surface area (Å²) in [5.41, 5.74) is 0.251. The summed E-state index contributed by atoms with van der Waals surface area (Å²) in [6.45, 7) is 3.84. The number of rotatable bonds is 2. The van der Waals surface area contributed by atoms with E-state index in [4.69, 9.17) is 9.47 Å².